The van der Waals surface area contributed by atoms with Gasteiger partial charge in [-0.25, -0.2) is 14.8 Å². The maximum absolute atomic E-state index is 11.8. The quantitative estimate of drug-likeness (QED) is 0.895. The van der Waals surface area contributed by atoms with Crippen LogP contribution in [0.4, 0.5) is 0 Å². The number of pyridine rings is 1. The molecule has 1 aromatic rings. The highest BCUT2D eigenvalue weighted by atomic mass is 35.5. The van der Waals surface area contributed by atoms with Crippen molar-refractivity contribution in [1.82, 2.24) is 15.0 Å². The third-order valence-corrected chi connectivity index (χ3v) is 5.19. The first kappa shape index (κ1) is 16.3. The minimum atomic E-state index is -0.924. The zero-order valence-corrected chi connectivity index (χ0v) is 14.9. The Kier molecular flexibility index (Phi) is 3.89. The summed E-state index contributed by atoms with van der Waals surface area (Å²) >= 11 is 6.03. The lowest BCUT2D eigenvalue weighted by Crippen LogP contribution is -2.44. The summed E-state index contributed by atoms with van der Waals surface area (Å²) < 4.78 is 0. The molecule has 4 rings (SSSR count). The number of allylic oxidation sites excluding steroid dienone is 2. The zero-order chi connectivity index (χ0) is 17.7. The average molecular weight is 359 g/mol. The molecule has 1 atom stereocenters. The maximum atomic E-state index is 11.8. The van der Waals surface area contributed by atoms with Crippen molar-refractivity contribution in [3.63, 3.8) is 0 Å². The topological polar surface area (TPSA) is 69.0 Å². The fourth-order valence-electron chi connectivity index (χ4n) is 3.45. The van der Waals surface area contributed by atoms with Crippen molar-refractivity contribution in [3.05, 3.63) is 52.2 Å². The van der Waals surface area contributed by atoms with Gasteiger partial charge >= 0.3 is 5.97 Å². The molecule has 25 heavy (non-hydrogen) atoms. The van der Waals surface area contributed by atoms with Crippen molar-refractivity contribution < 1.29 is 9.90 Å². The lowest BCUT2D eigenvalue weighted by Gasteiger charge is -2.37. The molecule has 0 aromatic carbocycles. The van der Waals surface area contributed by atoms with Gasteiger partial charge < -0.3 is 5.11 Å². The number of aliphatic carboxylic acids is 1. The van der Waals surface area contributed by atoms with Gasteiger partial charge in [0.15, 0.2) is 5.82 Å². The van der Waals surface area contributed by atoms with Crippen molar-refractivity contribution in [2.45, 2.75) is 32.7 Å². The van der Waals surface area contributed by atoms with Crippen LogP contribution < -0.4 is 0 Å². The van der Waals surface area contributed by atoms with Gasteiger partial charge in [0.2, 0.25) is 0 Å². The lowest BCUT2D eigenvalue weighted by molar-refractivity contribution is -0.132. The van der Waals surface area contributed by atoms with Crippen LogP contribution in [0.25, 0.3) is 0 Å². The van der Waals surface area contributed by atoms with Crippen LogP contribution in [0.3, 0.4) is 0 Å². The highest BCUT2D eigenvalue weighted by molar-refractivity contribution is 6.31. The zero-order valence-electron chi connectivity index (χ0n) is 14.1. The second-order valence-corrected chi connectivity index (χ2v) is 7.21. The Morgan fingerprint density at radius 1 is 1.40 bits per heavy atom. The maximum Gasteiger partial charge on any atom is 0.336 e. The molecule has 3 aliphatic rings. The summed E-state index contributed by atoms with van der Waals surface area (Å²) in [6.45, 7) is 4.51. The van der Waals surface area contributed by atoms with Gasteiger partial charge in [-0.2, -0.15) is 0 Å². The second kappa shape index (κ2) is 5.97. The van der Waals surface area contributed by atoms with Gasteiger partial charge in [-0.15, -0.1) is 0 Å². The summed E-state index contributed by atoms with van der Waals surface area (Å²) in [6, 6.07) is 2.08. The van der Waals surface area contributed by atoms with Crippen molar-refractivity contribution in [2.75, 3.05) is 6.54 Å². The van der Waals surface area contributed by atoms with Crippen LogP contribution in [-0.2, 0) is 4.79 Å². The number of fused-ring (bicyclic) bond motifs is 1. The van der Waals surface area contributed by atoms with Crippen LogP contribution in [0.1, 0.15) is 32.3 Å². The molecule has 1 saturated carbocycles. The molecule has 1 N–H and O–H groups in total. The molecule has 2 aliphatic heterocycles. The summed E-state index contributed by atoms with van der Waals surface area (Å²) in [4.78, 5) is 20.5. The van der Waals surface area contributed by atoms with Gasteiger partial charge in [-0.1, -0.05) is 11.6 Å². The number of aromatic nitrogens is 1. The summed E-state index contributed by atoms with van der Waals surface area (Å²) in [7, 11) is 0. The van der Waals surface area contributed by atoms with Crippen LogP contribution in [0.15, 0.2) is 46.6 Å². The fraction of sp³-hybridized carbons (Fsp3) is 0.389. The minimum Gasteiger partial charge on any atom is -0.478 e. The van der Waals surface area contributed by atoms with E-state index in [4.69, 9.17) is 11.6 Å². The average Bonchev–Trinajstić information content (AvgIpc) is 3.34. The predicted molar refractivity (Wildman–Crippen MR) is 94.9 cm³/mol. The number of aliphatic imine (C=N–C) groups is 1. The van der Waals surface area contributed by atoms with E-state index in [-0.39, 0.29) is 0 Å². The van der Waals surface area contributed by atoms with Gasteiger partial charge in [0.1, 0.15) is 0 Å². The monoisotopic (exact) mass is 358 g/mol. The highest BCUT2D eigenvalue weighted by Gasteiger charge is 2.43. The molecule has 3 heterocycles. The largest absolute Gasteiger partial charge is 0.478 e. The van der Waals surface area contributed by atoms with E-state index in [1.54, 1.807) is 18.5 Å². The molecule has 1 aromatic heterocycles. The Bertz CT molecular complexity index is 841. The first-order chi connectivity index (χ1) is 12.0. The third kappa shape index (κ3) is 2.85. The molecule has 130 valence electrons. The Morgan fingerprint density at radius 3 is 2.80 bits per heavy atom. The van der Waals surface area contributed by atoms with Gasteiger partial charge in [-0.3, -0.25) is 9.99 Å². The number of hydrogen-bond donors (Lipinski definition) is 1. The van der Waals surface area contributed by atoms with E-state index in [2.05, 4.69) is 21.9 Å². The van der Waals surface area contributed by atoms with Crippen LogP contribution in [0, 0.1) is 5.92 Å². The summed E-state index contributed by atoms with van der Waals surface area (Å²) in [5, 5.41) is 14.3. The van der Waals surface area contributed by atoms with E-state index in [0.29, 0.717) is 40.6 Å². The van der Waals surface area contributed by atoms with E-state index >= 15 is 0 Å². The molecule has 0 spiro atoms. The second-order valence-electron chi connectivity index (χ2n) is 6.77. The number of carboxylic acid groups (broad SMARTS) is 1. The molecular weight excluding hydrogens is 340 g/mol. The molecule has 0 saturated heterocycles. The number of halogens is 1. The molecule has 7 heteroatoms. The molecular formula is C18H19ClN4O2. The van der Waals surface area contributed by atoms with E-state index in [9.17, 15) is 9.90 Å². The van der Waals surface area contributed by atoms with Crippen molar-refractivity contribution in [2.24, 2.45) is 10.9 Å². The molecule has 0 amide bonds. The molecule has 0 bridgehead atoms. The van der Waals surface area contributed by atoms with Gasteiger partial charge in [0.25, 0.3) is 0 Å². The van der Waals surface area contributed by atoms with Crippen LogP contribution >= 0.6 is 11.6 Å². The summed E-state index contributed by atoms with van der Waals surface area (Å²) in [5.74, 6) is 0.201. The first-order valence-corrected chi connectivity index (χ1v) is 8.74. The van der Waals surface area contributed by atoms with E-state index in [1.165, 1.54) is 12.8 Å². The standard InChI is InChI=1S/C18H19ClN4O2/c1-10-5-16(13-6-14(19)8-20-7-13)21-17-15(18(24)25)9-22(23(10)17)11(2)12-3-4-12/h5-8,11-12H,3-4,9H2,1-2H3,(H,24,25). The van der Waals surface area contributed by atoms with Crippen LogP contribution in [-0.4, -0.2) is 44.4 Å². The van der Waals surface area contributed by atoms with Crippen LogP contribution in [0.2, 0.25) is 5.02 Å². The fourth-order valence-corrected chi connectivity index (χ4v) is 3.63. The number of carboxylic acids is 1. The number of hydrazine groups is 1. The van der Waals surface area contributed by atoms with Gasteiger partial charge in [-0.05, 0) is 44.7 Å². The smallest absolute Gasteiger partial charge is 0.336 e. The van der Waals surface area contributed by atoms with E-state index < -0.39 is 5.97 Å². The molecule has 0 radical (unpaired) electrons. The highest BCUT2D eigenvalue weighted by Crippen LogP contribution is 2.41. The number of carbonyl (C=O) groups is 1. The SMILES string of the molecule is CC1=CC(c2cncc(Cl)c2)=NC2=C(C(=O)O)CN(C(C)C3CC3)N12. The van der Waals surface area contributed by atoms with Gasteiger partial charge in [0.05, 0.1) is 22.9 Å². The van der Waals surface area contributed by atoms with Crippen molar-refractivity contribution in [3.8, 4) is 0 Å². The minimum absolute atomic E-state index is 0.291. The molecule has 1 unspecified atom stereocenters. The van der Waals surface area contributed by atoms with Gasteiger partial charge in [0, 0.05) is 29.7 Å². The third-order valence-electron chi connectivity index (χ3n) is 4.99. The number of nitrogens with zero attached hydrogens (tertiary/aromatic N) is 4. The van der Waals surface area contributed by atoms with Crippen LogP contribution in [0.5, 0.6) is 0 Å². The normalized spacial score (nSPS) is 21.8. The molecule has 1 aliphatic carbocycles. The summed E-state index contributed by atoms with van der Waals surface area (Å²) in [5.41, 5.74) is 2.73. The Hall–Kier alpha value is -2.18. The lowest BCUT2D eigenvalue weighted by atomic mass is 10.1. The molecule has 1 fully saturated rings. The Labute approximate surface area is 151 Å². The summed E-state index contributed by atoms with van der Waals surface area (Å²) in [6.07, 6.45) is 7.61. The van der Waals surface area contributed by atoms with Crippen molar-refractivity contribution in [1.29, 1.82) is 0 Å². The first-order valence-electron chi connectivity index (χ1n) is 8.36. The molecule has 6 nitrogen and oxygen atoms in total. The van der Waals surface area contributed by atoms with E-state index in [0.717, 1.165) is 11.3 Å². The van der Waals surface area contributed by atoms with E-state index in [1.807, 2.05) is 18.0 Å². The Balaban J connectivity index is 1.76. The Morgan fingerprint density at radius 2 is 2.16 bits per heavy atom. The number of rotatable bonds is 4. The van der Waals surface area contributed by atoms with Crippen molar-refractivity contribution >= 4 is 23.3 Å². The predicted octanol–water partition coefficient (Wildman–Crippen LogP) is 3.07. The number of hydrogen-bond acceptors (Lipinski definition) is 5.